The highest BCUT2D eigenvalue weighted by atomic mass is 79.9. The van der Waals surface area contributed by atoms with E-state index in [0.29, 0.717) is 19.0 Å². The minimum Gasteiger partial charge on any atom is -0.465 e. The highest BCUT2D eigenvalue weighted by molar-refractivity contribution is 9.10. The van der Waals surface area contributed by atoms with Crippen LogP contribution in [0.1, 0.15) is 18.3 Å². The second kappa shape index (κ2) is 5.05. The molecule has 1 aliphatic heterocycles. The molecule has 94 valence electrons. The summed E-state index contributed by atoms with van der Waals surface area (Å²) in [6.07, 6.45) is 1.46. The van der Waals surface area contributed by atoms with Gasteiger partial charge in [0.1, 0.15) is 10.4 Å². The van der Waals surface area contributed by atoms with Gasteiger partial charge in [-0.05, 0) is 22.4 Å². The van der Waals surface area contributed by atoms with E-state index in [1.54, 1.807) is 13.3 Å². The third-order valence-corrected chi connectivity index (χ3v) is 3.32. The quantitative estimate of drug-likeness (QED) is 0.893. The largest absolute Gasteiger partial charge is 0.465 e. The van der Waals surface area contributed by atoms with Crippen LogP contribution in [0.5, 0.6) is 0 Å². The Bertz CT molecular complexity index is 409. The first-order chi connectivity index (χ1) is 8.11. The van der Waals surface area contributed by atoms with Crippen LogP contribution in [0.25, 0.3) is 0 Å². The van der Waals surface area contributed by atoms with Gasteiger partial charge < -0.3 is 14.8 Å². The van der Waals surface area contributed by atoms with Crippen LogP contribution >= 0.6 is 15.9 Å². The van der Waals surface area contributed by atoms with Crippen molar-refractivity contribution in [3.8, 4) is 0 Å². The average Bonchev–Trinajstić information content (AvgIpc) is 2.84. The van der Waals surface area contributed by atoms with Crippen molar-refractivity contribution in [1.29, 1.82) is 0 Å². The first kappa shape index (κ1) is 12.4. The molecule has 1 aromatic heterocycles. The van der Waals surface area contributed by atoms with E-state index in [1.165, 1.54) is 4.90 Å². The molecule has 0 aliphatic carbocycles. The number of nitrogens with zero attached hydrogens (tertiary/aromatic N) is 2. The van der Waals surface area contributed by atoms with Crippen molar-refractivity contribution in [2.75, 3.05) is 20.3 Å². The zero-order valence-corrected chi connectivity index (χ0v) is 11.0. The van der Waals surface area contributed by atoms with Crippen molar-refractivity contribution < 1.29 is 14.6 Å². The number of methoxy groups -OCH3 is 1. The van der Waals surface area contributed by atoms with E-state index in [0.717, 1.165) is 11.0 Å². The molecule has 2 N–H and O–H groups in total. The number of imidazole rings is 1. The number of aromatic nitrogens is 2. The molecule has 1 aromatic rings. The molecule has 0 saturated carbocycles. The van der Waals surface area contributed by atoms with Gasteiger partial charge in [-0.2, -0.15) is 0 Å². The molecule has 2 heterocycles. The molecule has 2 unspecified atom stereocenters. The van der Waals surface area contributed by atoms with Crippen LogP contribution in [0.15, 0.2) is 10.8 Å². The minimum atomic E-state index is -0.916. The van der Waals surface area contributed by atoms with Crippen LogP contribution < -0.4 is 0 Å². The fourth-order valence-corrected chi connectivity index (χ4v) is 2.54. The van der Waals surface area contributed by atoms with E-state index in [9.17, 15) is 4.79 Å². The van der Waals surface area contributed by atoms with Crippen LogP contribution in [0.3, 0.4) is 0 Å². The summed E-state index contributed by atoms with van der Waals surface area (Å²) in [6.45, 7) is 1.06. The Hall–Kier alpha value is -1.08. The normalized spacial score (nSPS) is 24.2. The maximum atomic E-state index is 11.2. The number of carboxylic acid groups (broad SMARTS) is 1. The number of amides is 1. The number of hydrogen-bond acceptors (Lipinski definition) is 3. The van der Waals surface area contributed by atoms with Gasteiger partial charge in [0.2, 0.25) is 0 Å². The summed E-state index contributed by atoms with van der Waals surface area (Å²) in [4.78, 5) is 19.8. The Morgan fingerprint density at radius 3 is 3.12 bits per heavy atom. The van der Waals surface area contributed by atoms with E-state index < -0.39 is 6.09 Å². The zero-order chi connectivity index (χ0) is 12.4. The number of carbonyl (C=O) groups is 1. The summed E-state index contributed by atoms with van der Waals surface area (Å²) >= 11 is 3.27. The lowest BCUT2D eigenvalue weighted by Gasteiger charge is -2.19. The fourth-order valence-electron chi connectivity index (χ4n) is 2.23. The van der Waals surface area contributed by atoms with E-state index in [2.05, 4.69) is 25.9 Å². The Labute approximate surface area is 107 Å². The molecule has 7 heteroatoms. The van der Waals surface area contributed by atoms with Crippen LogP contribution in [0.4, 0.5) is 4.79 Å². The topological polar surface area (TPSA) is 78.5 Å². The molecule has 1 fully saturated rings. The van der Waals surface area contributed by atoms with Gasteiger partial charge in [0.05, 0.1) is 18.8 Å². The molecule has 0 aromatic carbocycles. The maximum absolute atomic E-state index is 11.2. The van der Waals surface area contributed by atoms with Gasteiger partial charge in [-0.15, -0.1) is 0 Å². The molecule has 2 rings (SSSR count). The number of likely N-dealkylation sites (tertiary alicyclic amines) is 1. The Kier molecular flexibility index (Phi) is 3.68. The molecular formula is C10H14BrN3O3. The summed E-state index contributed by atoms with van der Waals surface area (Å²) in [5.74, 6) is 0.905. The number of halogens is 1. The van der Waals surface area contributed by atoms with Gasteiger partial charge in [0, 0.05) is 19.6 Å². The SMILES string of the molecule is COCC1CC(c2ncc(Br)[nH]2)N(C(=O)O)C1. The highest BCUT2D eigenvalue weighted by Crippen LogP contribution is 2.34. The van der Waals surface area contributed by atoms with E-state index in [-0.39, 0.29) is 12.0 Å². The van der Waals surface area contributed by atoms with Crippen molar-refractivity contribution in [2.45, 2.75) is 12.5 Å². The van der Waals surface area contributed by atoms with E-state index >= 15 is 0 Å². The zero-order valence-electron chi connectivity index (χ0n) is 9.39. The molecule has 2 atom stereocenters. The molecule has 0 bridgehead atoms. The maximum Gasteiger partial charge on any atom is 0.407 e. The number of rotatable bonds is 3. The predicted octanol–water partition coefficient (Wildman–Crippen LogP) is 1.86. The van der Waals surface area contributed by atoms with Crippen LogP contribution in [-0.4, -0.2) is 46.3 Å². The number of nitrogens with one attached hydrogen (secondary N) is 1. The van der Waals surface area contributed by atoms with Gasteiger partial charge in [0.15, 0.2) is 0 Å². The van der Waals surface area contributed by atoms with Crippen molar-refractivity contribution in [3.05, 3.63) is 16.6 Å². The second-order valence-corrected chi connectivity index (χ2v) is 4.98. The van der Waals surface area contributed by atoms with Crippen molar-refractivity contribution in [2.24, 2.45) is 5.92 Å². The molecule has 0 spiro atoms. The Balaban J connectivity index is 2.16. The monoisotopic (exact) mass is 303 g/mol. The molecular weight excluding hydrogens is 290 g/mol. The van der Waals surface area contributed by atoms with Crippen LogP contribution in [-0.2, 0) is 4.74 Å². The standard InChI is InChI=1S/C10H14BrN3O3/c1-17-5-6-2-7(14(4-6)10(15)16)9-12-3-8(11)13-9/h3,6-7H,2,4-5H2,1H3,(H,12,13)(H,15,16). The summed E-state index contributed by atoms with van der Waals surface area (Å²) in [5.41, 5.74) is 0. The number of H-pyrrole nitrogens is 1. The molecule has 1 amide bonds. The molecule has 17 heavy (non-hydrogen) atoms. The lowest BCUT2D eigenvalue weighted by molar-refractivity contribution is 0.131. The van der Waals surface area contributed by atoms with Crippen LogP contribution in [0, 0.1) is 5.92 Å². The van der Waals surface area contributed by atoms with Gasteiger partial charge in [-0.25, -0.2) is 9.78 Å². The smallest absolute Gasteiger partial charge is 0.407 e. The van der Waals surface area contributed by atoms with Crippen LogP contribution in [0.2, 0.25) is 0 Å². The summed E-state index contributed by atoms with van der Waals surface area (Å²) in [7, 11) is 1.63. The number of hydrogen-bond donors (Lipinski definition) is 2. The van der Waals surface area contributed by atoms with E-state index in [1.807, 2.05) is 0 Å². The first-order valence-electron chi connectivity index (χ1n) is 5.30. The lowest BCUT2D eigenvalue weighted by atomic mass is 10.1. The fraction of sp³-hybridized carbons (Fsp3) is 0.600. The first-order valence-corrected chi connectivity index (χ1v) is 6.10. The third-order valence-electron chi connectivity index (χ3n) is 2.92. The highest BCUT2D eigenvalue weighted by Gasteiger charge is 2.37. The molecule has 1 saturated heterocycles. The molecule has 0 radical (unpaired) electrons. The Morgan fingerprint density at radius 1 is 1.82 bits per heavy atom. The van der Waals surface area contributed by atoms with Gasteiger partial charge in [-0.3, -0.25) is 4.90 Å². The van der Waals surface area contributed by atoms with Gasteiger partial charge in [0.25, 0.3) is 0 Å². The number of aromatic amines is 1. The predicted molar refractivity (Wildman–Crippen MR) is 63.7 cm³/mol. The third kappa shape index (κ3) is 2.61. The van der Waals surface area contributed by atoms with Gasteiger partial charge >= 0.3 is 6.09 Å². The number of ether oxygens (including phenoxy) is 1. The lowest BCUT2D eigenvalue weighted by Crippen LogP contribution is -2.30. The molecule has 1 aliphatic rings. The van der Waals surface area contributed by atoms with Crippen molar-refractivity contribution >= 4 is 22.0 Å². The van der Waals surface area contributed by atoms with E-state index in [4.69, 9.17) is 9.84 Å². The second-order valence-electron chi connectivity index (χ2n) is 4.12. The van der Waals surface area contributed by atoms with Crippen molar-refractivity contribution in [1.82, 2.24) is 14.9 Å². The molecule has 6 nitrogen and oxygen atoms in total. The van der Waals surface area contributed by atoms with Crippen molar-refractivity contribution in [3.63, 3.8) is 0 Å². The van der Waals surface area contributed by atoms with Gasteiger partial charge in [-0.1, -0.05) is 0 Å². The summed E-state index contributed by atoms with van der Waals surface area (Å²) in [5, 5.41) is 9.17. The average molecular weight is 304 g/mol. The Morgan fingerprint density at radius 2 is 2.59 bits per heavy atom. The summed E-state index contributed by atoms with van der Waals surface area (Å²) < 4.78 is 5.84. The minimum absolute atomic E-state index is 0.209. The summed E-state index contributed by atoms with van der Waals surface area (Å²) in [6, 6.07) is -0.209.